The summed E-state index contributed by atoms with van der Waals surface area (Å²) in [6.45, 7) is 3.29. The zero-order chi connectivity index (χ0) is 11.8. The molecular formula is C14H22ClN. The van der Waals surface area contributed by atoms with Crippen molar-refractivity contribution in [2.24, 2.45) is 0 Å². The lowest BCUT2D eigenvalue weighted by Gasteiger charge is -2.16. The van der Waals surface area contributed by atoms with Crippen molar-refractivity contribution < 1.29 is 0 Å². The average molecular weight is 240 g/mol. The monoisotopic (exact) mass is 239 g/mol. The Kier molecular flexibility index (Phi) is 6.51. The Labute approximate surface area is 104 Å². The quantitative estimate of drug-likeness (QED) is 0.703. The summed E-state index contributed by atoms with van der Waals surface area (Å²) in [6, 6.07) is 8.27. The van der Waals surface area contributed by atoms with Gasteiger partial charge in [0.25, 0.3) is 0 Å². The first-order valence-electron chi connectivity index (χ1n) is 6.18. The van der Waals surface area contributed by atoms with Crippen LogP contribution in [0.5, 0.6) is 0 Å². The number of rotatable bonds is 7. The molecule has 1 atom stereocenters. The Morgan fingerprint density at radius 3 is 2.44 bits per heavy atom. The molecule has 0 fully saturated rings. The van der Waals surface area contributed by atoms with E-state index in [2.05, 4.69) is 24.4 Å². The zero-order valence-electron chi connectivity index (χ0n) is 10.3. The van der Waals surface area contributed by atoms with Crippen LogP contribution >= 0.6 is 11.6 Å². The van der Waals surface area contributed by atoms with Gasteiger partial charge in [-0.15, -0.1) is 0 Å². The van der Waals surface area contributed by atoms with Crippen molar-refractivity contribution in [2.45, 2.75) is 38.5 Å². The van der Waals surface area contributed by atoms with Crippen molar-refractivity contribution in [1.82, 2.24) is 5.32 Å². The van der Waals surface area contributed by atoms with Crippen LogP contribution in [0.3, 0.4) is 0 Å². The van der Waals surface area contributed by atoms with Crippen LogP contribution < -0.4 is 5.32 Å². The summed E-state index contributed by atoms with van der Waals surface area (Å²) >= 11 is 5.90. The van der Waals surface area contributed by atoms with Crippen molar-refractivity contribution >= 4 is 11.6 Å². The van der Waals surface area contributed by atoms with Crippen LogP contribution in [0.1, 0.15) is 44.1 Å². The predicted octanol–water partition coefficient (Wildman–Crippen LogP) is 4.22. The number of halogens is 1. The van der Waals surface area contributed by atoms with Gasteiger partial charge in [-0.05, 0) is 37.1 Å². The van der Waals surface area contributed by atoms with Gasteiger partial charge >= 0.3 is 0 Å². The molecule has 0 aliphatic rings. The van der Waals surface area contributed by atoms with Crippen LogP contribution in [0.4, 0.5) is 0 Å². The van der Waals surface area contributed by atoms with E-state index in [1.165, 1.54) is 31.2 Å². The number of nitrogens with one attached hydrogen (secondary N) is 1. The van der Waals surface area contributed by atoms with E-state index in [1.54, 1.807) is 0 Å². The molecule has 1 unspecified atom stereocenters. The first-order chi connectivity index (χ1) is 7.77. The van der Waals surface area contributed by atoms with Gasteiger partial charge in [-0.2, -0.15) is 0 Å². The molecule has 1 rings (SSSR count). The molecule has 1 nitrogen and oxygen atoms in total. The van der Waals surface area contributed by atoms with Gasteiger partial charge in [0.2, 0.25) is 0 Å². The molecule has 0 aliphatic carbocycles. The number of unbranched alkanes of at least 4 members (excludes halogenated alkanes) is 2. The zero-order valence-corrected chi connectivity index (χ0v) is 11.1. The lowest BCUT2D eigenvalue weighted by atomic mass is 9.93. The van der Waals surface area contributed by atoms with Crippen LogP contribution in [-0.2, 0) is 0 Å². The lowest BCUT2D eigenvalue weighted by Crippen LogP contribution is -2.17. The van der Waals surface area contributed by atoms with Crippen molar-refractivity contribution in [3.8, 4) is 0 Å². The van der Waals surface area contributed by atoms with Crippen LogP contribution in [-0.4, -0.2) is 13.6 Å². The molecule has 1 aromatic carbocycles. The van der Waals surface area contributed by atoms with Crippen molar-refractivity contribution in [2.75, 3.05) is 13.6 Å². The number of hydrogen-bond donors (Lipinski definition) is 1. The highest BCUT2D eigenvalue weighted by atomic mass is 35.5. The Morgan fingerprint density at radius 1 is 1.19 bits per heavy atom. The molecule has 0 bridgehead atoms. The number of likely N-dealkylation sites (N-methyl/N-ethyl adjacent to an activating group) is 1. The Balaban J connectivity index is 2.57. The van der Waals surface area contributed by atoms with Crippen LogP contribution in [0.25, 0.3) is 0 Å². The van der Waals surface area contributed by atoms with E-state index >= 15 is 0 Å². The second-order valence-corrected chi connectivity index (χ2v) is 4.74. The molecule has 2 heteroatoms. The molecule has 0 amide bonds. The van der Waals surface area contributed by atoms with Gasteiger partial charge in [0, 0.05) is 11.6 Å². The van der Waals surface area contributed by atoms with Gasteiger partial charge in [-0.3, -0.25) is 0 Å². The van der Waals surface area contributed by atoms with Crippen LogP contribution in [0, 0.1) is 0 Å². The molecule has 16 heavy (non-hydrogen) atoms. The highest BCUT2D eigenvalue weighted by Crippen LogP contribution is 2.23. The van der Waals surface area contributed by atoms with Crippen molar-refractivity contribution in [3.05, 3.63) is 34.9 Å². The minimum atomic E-state index is 0.619. The fourth-order valence-corrected chi connectivity index (χ4v) is 2.13. The van der Waals surface area contributed by atoms with E-state index in [4.69, 9.17) is 11.6 Å². The average Bonchev–Trinajstić information content (AvgIpc) is 2.29. The molecule has 0 aliphatic heterocycles. The largest absolute Gasteiger partial charge is 0.319 e. The minimum Gasteiger partial charge on any atom is -0.319 e. The van der Waals surface area contributed by atoms with E-state index in [0.29, 0.717) is 5.92 Å². The van der Waals surface area contributed by atoms with Crippen molar-refractivity contribution in [3.63, 3.8) is 0 Å². The van der Waals surface area contributed by atoms with Gasteiger partial charge in [-0.1, -0.05) is 49.9 Å². The molecule has 0 aromatic heterocycles. The SMILES string of the molecule is CCCCCC(CNC)c1ccc(Cl)cc1. The molecule has 1 aromatic rings. The van der Waals surface area contributed by atoms with Crippen molar-refractivity contribution in [1.29, 1.82) is 0 Å². The number of benzene rings is 1. The van der Waals surface area contributed by atoms with E-state index in [1.807, 2.05) is 19.2 Å². The molecule has 0 heterocycles. The van der Waals surface area contributed by atoms with Gasteiger partial charge in [0.15, 0.2) is 0 Å². The Bertz CT molecular complexity index is 281. The molecule has 0 saturated heterocycles. The standard InChI is InChI=1S/C14H22ClN/c1-3-4-5-6-13(11-16-2)12-7-9-14(15)10-8-12/h7-10,13,16H,3-6,11H2,1-2H3. The van der Waals surface area contributed by atoms with E-state index in [-0.39, 0.29) is 0 Å². The summed E-state index contributed by atoms with van der Waals surface area (Å²) in [5.41, 5.74) is 1.40. The molecular weight excluding hydrogens is 218 g/mol. The smallest absolute Gasteiger partial charge is 0.0406 e. The van der Waals surface area contributed by atoms with E-state index < -0.39 is 0 Å². The predicted molar refractivity (Wildman–Crippen MR) is 72.3 cm³/mol. The second-order valence-electron chi connectivity index (χ2n) is 4.30. The fraction of sp³-hybridized carbons (Fsp3) is 0.571. The second kappa shape index (κ2) is 7.70. The highest BCUT2D eigenvalue weighted by molar-refractivity contribution is 6.30. The first kappa shape index (κ1) is 13.5. The summed E-state index contributed by atoms with van der Waals surface area (Å²) in [7, 11) is 2.02. The van der Waals surface area contributed by atoms with Gasteiger partial charge < -0.3 is 5.32 Å². The van der Waals surface area contributed by atoms with Crippen LogP contribution in [0.2, 0.25) is 5.02 Å². The Morgan fingerprint density at radius 2 is 1.88 bits per heavy atom. The molecule has 90 valence electrons. The summed E-state index contributed by atoms with van der Waals surface area (Å²) in [4.78, 5) is 0. The molecule has 0 saturated carbocycles. The summed E-state index contributed by atoms with van der Waals surface area (Å²) in [5, 5.41) is 4.09. The summed E-state index contributed by atoms with van der Waals surface area (Å²) in [5.74, 6) is 0.619. The van der Waals surface area contributed by atoms with Gasteiger partial charge in [0.05, 0.1) is 0 Å². The Hall–Kier alpha value is -0.530. The van der Waals surface area contributed by atoms with E-state index in [9.17, 15) is 0 Å². The third-order valence-electron chi connectivity index (χ3n) is 2.95. The summed E-state index contributed by atoms with van der Waals surface area (Å²) < 4.78 is 0. The summed E-state index contributed by atoms with van der Waals surface area (Å²) in [6.07, 6.45) is 5.18. The highest BCUT2D eigenvalue weighted by Gasteiger charge is 2.09. The molecule has 0 radical (unpaired) electrons. The van der Waals surface area contributed by atoms with Gasteiger partial charge in [0.1, 0.15) is 0 Å². The minimum absolute atomic E-state index is 0.619. The maximum Gasteiger partial charge on any atom is 0.0406 e. The first-order valence-corrected chi connectivity index (χ1v) is 6.55. The fourth-order valence-electron chi connectivity index (χ4n) is 2.01. The van der Waals surface area contributed by atoms with Gasteiger partial charge in [-0.25, -0.2) is 0 Å². The number of hydrogen-bond acceptors (Lipinski definition) is 1. The molecule has 0 spiro atoms. The topological polar surface area (TPSA) is 12.0 Å². The molecule has 1 N–H and O–H groups in total. The third-order valence-corrected chi connectivity index (χ3v) is 3.20. The third kappa shape index (κ3) is 4.54. The van der Waals surface area contributed by atoms with E-state index in [0.717, 1.165) is 11.6 Å². The normalized spacial score (nSPS) is 12.7. The van der Waals surface area contributed by atoms with Crippen LogP contribution in [0.15, 0.2) is 24.3 Å². The maximum atomic E-state index is 5.90. The maximum absolute atomic E-state index is 5.90. The lowest BCUT2D eigenvalue weighted by molar-refractivity contribution is 0.542.